The number of carboxylic acid groups (broad SMARTS) is 1. The Kier molecular flexibility index (Phi) is 4.34. The average Bonchev–Trinajstić information content (AvgIpc) is 2.21. The van der Waals surface area contributed by atoms with E-state index in [-0.39, 0.29) is 13.0 Å². The Bertz CT molecular complexity index is 551. The van der Waals surface area contributed by atoms with Crippen LogP contribution in [0.4, 0.5) is 5.69 Å². The molecule has 0 unspecified atom stereocenters. The number of hydrogen-bond acceptors (Lipinski definition) is 3. The lowest BCUT2D eigenvalue weighted by molar-refractivity contribution is -0.136. The highest BCUT2D eigenvalue weighted by Crippen LogP contribution is 2.21. The molecule has 1 N–H and O–H groups in total. The van der Waals surface area contributed by atoms with Gasteiger partial charge in [0.05, 0.1) is 18.4 Å². The van der Waals surface area contributed by atoms with E-state index in [0.29, 0.717) is 5.69 Å². The van der Waals surface area contributed by atoms with Crippen molar-refractivity contribution < 1.29 is 18.3 Å². The molecule has 0 aromatic heterocycles. The van der Waals surface area contributed by atoms with Crippen molar-refractivity contribution in [3.05, 3.63) is 29.3 Å². The SMILES string of the molecule is Cc1ccc(N(CCC(=O)O)S(C)(=O)=O)cc1C. The summed E-state index contributed by atoms with van der Waals surface area (Å²) in [6, 6.07) is 5.26. The van der Waals surface area contributed by atoms with E-state index in [1.54, 1.807) is 12.1 Å². The maximum absolute atomic E-state index is 11.7. The van der Waals surface area contributed by atoms with Gasteiger partial charge >= 0.3 is 5.97 Å². The van der Waals surface area contributed by atoms with E-state index in [4.69, 9.17) is 5.11 Å². The highest BCUT2D eigenvalue weighted by molar-refractivity contribution is 7.92. The number of carboxylic acids is 1. The topological polar surface area (TPSA) is 74.7 Å². The van der Waals surface area contributed by atoms with Crippen molar-refractivity contribution in [3.8, 4) is 0 Å². The van der Waals surface area contributed by atoms with E-state index in [1.807, 2.05) is 19.9 Å². The van der Waals surface area contributed by atoms with Crippen LogP contribution in [0.5, 0.6) is 0 Å². The van der Waals surface area contributed by atoms with Gasteiger partial charge in [-0.15, -0.1) is 0 Å². The summed E-state index contributed by atoms with van der Waals surface area (Å²) in [5, 5.41) is 8.65. The summed E-state index contributed by atoms with van der Waals surface area (Å²) in [6.45, 7) is 3.76. The van der Waals surface area contributed by atoms with Crippen LogP contribution >= 0.6 is 0 Å². The number of benzene rings is 1. The first kappa shape index (κ1) is 14.5. The molecule has 0 amide bonds. The van der Waals surface area contributed by atoms with Crippen LogP contribution < -0.4 is 4.31 Å². The summed E-state index contributed by atoms with van der Waals surface area (Å²) in [6.07, 6.45) is 0.851. The van der Waals surface area contributed by atoms with Gasteiger partial charge in [-0.25, -0.2) is 8.42 Å². The number of hydrogen-bond donors (Lipinski definition) is 1. The van der Waals surface area contributed by atoms with Gasteiger partial charge in [-0.1, -0.05) is 6.07 Å². The molecule has 100 valence electrons. The minimum Gasteiger partial charge on any atom is -0.481 e. The highest BCUT2D eigenvalue weighted by atomic mass is 32.2. The van der Waals surface area contributed by atoms with Gasteiger partial charge < -0.3 is 5.11 Å². The Morgan fingerprint density at radius 2 is 1.89 bits per heavy atom. The quantitative estimate of drug-likeness (QED) is 0.881. The monoisotopic (exact) mass is 271 g/mol. The summed E-state index contributed by atoms with van der Waals surface area (Å²) in [5.74, 6) is -1.02. The Labute approximate surface area is 107 Å². The van der Waals surface area contributed by atoms with Crippen LogP contribution in [-0.4, -0.2) is 32.3 Å². The molecule has 0 aliphatic carbocycles. The van der Waals surface area contributed by atoms with Gasteiger partial charge in [0, 0.05) is 6.54 Å². The smallest absolute Gasteiger partial charge is 0.305 e. The van der Waals surface area contributed by atoms with Crippen LogP contribution in [0.3, 0.4) is 0 Å². The first-order valence-electron chi connectivity index (χ1n) is 5.48. The molecule has 0 saturated carbocycles. The second-order valence-corrected chi connectivity index (χ2v) is 6.15. The van der Waals surface area contributed by atoms with Gasteiger partial charge in [0.1, 0.15) is 0 Å². The maximum Gasteiger partial charge on any atom is 0.305 e. The summed E-state index contributed by atoms with van der Waals surface area (Å²) in [4.78, 5) is 10.6. The number of anilines is 1. The fraction of sp³-hybridized carbons (Fsp3) is 0.417. The largest absolute Gasteiger partial charge is 0.481 e. The normalized spacial score (nSPS) is 11.3. The second-order valence-electron chi connectivity index (χ2n) is 4.25. The zero-order valence-electron chi connectivity index (χ0n) is 10.7. The molecule has 0 aliphatic heterocycles. The summed E-state index contributed by atoms with van der Waals surface area (Å²) < 4.78 is 24.5. The van der Waals surface area contributed by atoms with Crippen molar-refractivity contribution in [3.63, 3.8) is 0 Å². The Hall–Kier alpha value is -1.56. The minimum absolute atomic E-state index is 0.0589. The van der Waals surface area contributed by atoms with Crippen molar-refractivity contribution in [2.75, 3.05) is 17.1 Å². The molecule has 0 fully saturated rings. The predicted molar refractivity (Wildman–Crippen MR) is 70.4 cm³/mol. The van der Waals surface area contributed by atoms with Gasteiger partial charge in [-0.3, -0.25) is 9.10 Å². The molecule has 0 bridgehead atoms. The van der Waals surface area contributed by atoms with Crippen molar-refractivity contribution >= 4 is 21.7 Å². The first-order chi connectivity index (χ1) is 8.21. The number of nitrogens with zero attached hydrogens (tertiary/aromatic N) is 1. The molecule has 1 rings (SSSR count). The van der Waals surface area contributed by atoms with Gasteiger partial charge in [0.25, 0.3) is 0 Å². The molecular formula is C12H17NO4S. The van der Waals surface area contributed by atoms with Crippen LogP contribution in [0.1, 0.15) is 17.5 Å². The molecule has 0 saturated heterocycles. The molecule has 0 spiro atoms. The number of aliphatic carboxylic acids is 1. The van der Waals surface area contributed by atoms with Crippen molar-refractivity contribution in [2.24, 2.45) is 0 Å². The van der Waals surface area contributed by atoms with Gasteiger partial charge in [-0.05, 0) is 37.1 Å². The fourth-order valence-corrected chi connectivity index (χ4v) is 2.48. The lowest BCUT2D eigenvalue weighted by atomic mass is 10.1. The van der Waals surface area contributed by atoms with Crippen LogP contribution in [-0.2, 0) is 14.8 Å². The molecule has 0 aliphatic rings. The van der Waals surface area contributed by atoms with E-state index in [9.17, 15) is 13.2 Å². The van der Waals surface area contributed by atoms with Crippen LogP contribution in [0, 0.1) is 13.8 Å². The number of carbonyl (C=O) groups is 1. The van der Waals surface area contributed by atoms with E-state index in [1.165, 1.54) is 0 Å². The van der Waals surface area contributed by atoms with Crippen molar-refractivity contribution in [1.29, 1.82) is 0 Å². The number of rotatable bonds is 5. The van der Waals surface area contributed by atoms with Crippen molar-refractivity contribution in [2.45, 2.75) is 20.3 Å². The standard InChI is InChI=1S/C12H17NO4S/c1-9-4-5-11(8-10(9)2)13(18(3,16)17)7-6-12(14)15/h4-5,8H,6-7H2,1-3H3,(H,14,15). The van der Waals surface area contributed by atoms with E-state index >= 15 is 0 Å². The second kappa shape index (κ2) is 5.39. The molecule has 1 aromatic rings. The van der Waals surface area contributed by atoms with Gasteiger partial charge in [0.2, 0.25) is 10.0 Å². The molecule has 5 nitrogen and oxygen atoms in total. The molecule has 0 radical (unpaired) electrons. The summed E-state index contributed by atoms with van der Waals surface area (Å²) >= 11 is 0. The van der Waals surface area contributed by atoms with E-state index in [0.717, 1.165) is 21.7 Å². The molecule has 0 heterocycles. The first-order valence-corrected chi connectivity index (χ1v) is 7.33. The lowest BCUT2D eigenvalue weighted by Gasteiger charge is -2.22. The van der Waals surface area contributed by atoms with Gasteiger partial charge in [0.15, 0.2) is 0 Å². The number of sulfonamides is 1. The average molecular weight is 271 g/mol. The summed E-state index contributed by atoms with van der Waals surface area (Å²) in [5.41, 5.74) is 2.53. The molecular weight excluding hydrogens is 254 g/mol. The van der Waals surface area contributed by atoms with E-state index < -0.39 is 16.0 Å². The third-order valence-corrected chi connectivity index (χ3v) is 3.90. The summed E-state index contributed by atoms with van der Waals surface area (Å²) in [7, 11) is -3.47. The van der Waals surface area contributed by atoms with Gasteiger partial charge in [-0.2, -0.15) is 0 Å². The predicted octanol–water partition coefficient (Wildman–Crippen LogP) is 1.54. The Morgan fingerprint density at radius 1 is 1.28 bits per heavy atom. The zero-order valence-corrected chi connectivity index (χ0v) is 11.5. The van der Waals surface area contributed by atoms with Crippen LogP contribution in [0.2, 0.25) is 0 Å². The van der Waals surface area contributed by atoms with Crippen molar-refractivity contribution in [1.82, 2.24) is 0 Å². The van der Waals surface area contributed by atoms with E-state index in [2.05, 4.69) is 0 Å². The molecule has 6 heteroatoms. The third kappa shape index (κ3) is 3.73. The van der Waals surface area contributed by atoms with Crippen LogP contribution in [0.25, 0.3) is 0 Å². The molecule has 18 heavy (non-hydrogen) atoms. The molecule has 0 atom stereocenters. The maximum atomic E-state index is 11.7. The highest BCUT2D eigenvalue weighted by Gasteiger charge is 2.18. The minimum atomic E-state index is -3.47. The molecule has 1 aromatic carbocycles. The van der Waals surface area contributed by atoms with Crippen LogP contribution in [0.15, 0.2) is 18.2 Å². The Balaban J connectivity index is 3.10. The fourth-order valence-electron chi connectivity index (χ4n) is 1.56. The Morgan fingerprint density at radius 3 is 2.33 bits per heavy atom. The third-order valence-electron chi connectivity index (χ3n) is 2.71. The lowest BCUT2D eigenvalue weighted by Crippen LogP contribution is -2.32. The zero-order chi connectivity index (χ0) is 13.9. The number of aryl methyl sites for hydroxylation is 2.